The first-order chi connectivity index (χ1) is 9.63. The van der Waals surface area contributed by atoms with Gasteiger partial charge in [-0.1, -0.05) is 26.2 Å². The van der Waals surface area contributed by atoms with Crippen molar-refractivity contribution in [1.82, 2.24) is 0 Å². The van der Waals surface area contributed by atoms with Crippen LogP contribution < -0.4 is 0 Å². The van der Waals surface area contributed by atoms with E-state index in [2.05, 4.69) is 28.2 Å². The van der Waals surface area contributed by atoms with Crippen molar-refractivity contribution in [2.24, 2.45) is 0 Å². The van der Waals surface area contributed by atoms with E-state index in [0.29, 0.717) is 6.42 Å². The van der Waals surface area contributed by atoms with Crippen LogP contribution in [0.3, 0.4) is 0 Å². The lowest BCUT2D eigenvalue weighted by atomic mass is 10.1. The number of hydrogen-bond donors (Lipinski definition) is 0. The maximum Gasteiger partial charge on any atom is 0.384 e. The molecule has 0 aliphatic heterocycles. The third-order valence-electron chi connectivity index (χ3n) is 2.49. The van der Waals surface area contributed by atoms with Gasteiger partial charge in [0.05, 0.1) is 26.6 Å². The lowest BCUT2D eigenvalue weighted by molar-refractivity contribution is -0.135. The lowest BCUT2D eigenvalue weighted by Crippen LogP contribution is -2.09. The minimum absolute atomic E-state index is 0.438. The van der Waals surface area contributed by atoms with Crippen LogP contribution in [0, 0.1) is 11.8 Å². The Morgan fingerprint density at radius 2 is 1.90 bits per heavy atom. The van der Waals surface area contributed by atoms with Crippen LogP contribution in [0.2, 0.25) is 0 Å². The highest BCUT2D eigenvalue weighted by atomic mass is 16.5. The topological polar surface area (TPSA) is 61.8 Å². The standard InChI is InChI=1S/C15H22O5/c1-4-5-6-7-8-13(9-10-14(16)18-2)20-12-11-15(17)19-3/h11-13H,4-8H2,1-3H3/b12-11+. The molecule has 0 saturated heterocycles. The fourth-order valence-electron chi connectivity index (χ4n) is 1.38. The fraction of sp³-hybridized carbons (Fsp3) is 0.600. The maximum atomic E-state index is 11.0. The third kappa shape index (κ3) is 10.0. The molecule has 0 radical (unpaired) electrons. The van der Waals surface area contributed by atoms with E-state index in [4.69, 9.17) is 4.74 Å². The Balaban J connectivity index is 4.37. The van der Waals surface area contributed by atoms with E-state index < -0.39 is 18.0 Å². The van der Waals surface area contributed by atoms with Crippen molar-refractivity contribution in [3.05, 3.63) is 12.3 Å². The van der Waals surface area contributed by atoms with Crippen LogP contribution in [0.15, 0.2) is 12.3 Å². The molecule has 0 bridgehead atoms. The van der Waals surface area contributed by atoms with Gasteiger partial charge in [0.15, 0.2) is 6.10 Å². The van der Waals surface area contributed by atoms with E-state index in [1.54, 1.807) is 0 Å². The number of unbranched alkanes of at least 4 members (excludes halogenated alkanes) is 3. The molecule has 20 heavy (non-hydrogen) atoms. The molecule has 0 aromatic heterocycles. The minimum Gasteiger partial charge on any atom is -0.485 e. The Bertz CT molecular complexity index is 375. The van der Waals surface area contributed by atoms with Gasteiger partial charge in [-0.05, 0) is 18.8 Å². The highest BCUT2D eigenvalue weighted by molar-refractivity contribution is 5.88. The predicted molar refractivity (Wildman–Crippen MR) is 74.6 cm³/mol. The molecule has 0 spiro atoms. The molecule has 1 atom stereocenters. The summed E-state index contributed by atoms with van der Waals surface area (Å²) in [5, 5.41) is 0. The van der Waals surface area contributed by atoms with Crippen LogP contribution in [0.1, 0.15) is 39.0 Å². The normalized spacial score (nSPS) is 11.3. The van der Waals surface area contributed by atoms with Crippen molar-refractivity contribution in [3.63, 3.8) is 0 Å². The maximum absolute atomic E-state index is 11.0. The first-order valence-electron chi connectivity index (χ1n) is 6.63. The zero-order chi connectivity index (χ0) is 15.2. The van der Waals surface area contributed by atoms with Gasteiger partial charge < -0.3 is 14.2 Å². The minimum atomic E-state index is -0.607. The summed E-state index contributed by atoms with van der Waals surface area (Å²) in [7, 11) is 2.55. The molecular weight excluding hydrogens is 260 g/mol. The average Bonchev–Trinajstić information content (AvgIpc) is 2.47. The van der Waals surface area contributed by atoms with Gasteiger partial charge in [-0.3, -0.25) is 0 Å². The monoisotopic (exact) mass is 282 g/mol. The molecule has 0 aromatic carbocycles. The van der Waals surface area contributed by atoms with Crippen molar-refractivity contribution in [3.8, 4) is 11.8 Å². The van der Waals surface area contributed by atoms with E-state index in [-0.39, 0.29) is 0 Å². The van der Waals surface area contributed by atoms with E-state index in [1.165, 1.54) is 26.6 Å². The van der Waals surface area contributed by atoms with Crippen molar-refractivity contribution in [2.45, 2.75) is 45.1 Å². The van der Waals surface area contributed by atoms with Gasteiger partial charge in [0, 0.05) is 5.92 Å². The van der Waals surface area contributed by atoms with Crippen LogP contribution in [-0.2, 0) is 23.8 Å². The Morgan fingerprint density at radius 3 is 2.50 bits per heavy atom. The van der Waals surface area contributed by atoms with Crippen LogP contribution in [-0.4, -0.2) is 32.3 Å². The van der Waals surface area contributed by atoms with Gasteiger partial charge in [0.2, 0.25) is 0 Å². The second-order valence-corrected chi connectivity index (χ2v) is 4.06. The summed E-state index contributed by atoms with van der Waals surface area (Å²) in [6.45, 7) is 2.13. The molecule has 5 nitrogen and oxygen atoms in total. The van der Waals surface area contributed by atoms with E-state index >= 15 is 0 Å². The summed E-state index contributed by atoms with van der Waals surface area (Å²) in [6.07, 6.45) is 6.97. The van der Waals surface area contributed by atoms with Crippen molar-refractivity contribution < 1.29 is 23.8 Å². The van der Waals surface area contributed by atoms with Gasteiger partial charge in [0.25, 0.3) is 0 Å². The lowest BCUT2D eigenvalue weighted by Gasteiger charge is -2.09. The van der Waals surface area contributed by atoms with E-state index in [1.807, 2.05) is 0 Å². The second kappa shape index (κ2) is 12.1. The molecule has 0 aliphatic carbocycles. The molecule has 0 amide bonds. The zero-order valence-corrected chi connectivity index (χ0v) is 12.3. The van der Waals surface area contributed by atoms with Crippen LogP contribution in [0.4, 0.5) is 0 Å². The quantitative estimate of drug-likeness (QED) is 0.170. The third-order valence-corrected chi connectivity index (χ3v) is 2.49. The smallest absolute Gasteiger partial charge is 0.384 e. The van der Waals surface area contributed by atoms with E-state index in [0.717, 1.165) is 25.7 Å². The highest BCUT2D eigenvalue weighted by Gasteiger charge is 2.05. The van der Waals surface area contributed by atoms with E-state index in [9.17, 15) is 9.59 Å². The Labute approximate surface area is 120 Å². The Kier molecular flexibility index (Phi) is 10.9. The summed E-state index contributed by atoms with van der Waals surface area (Å²) < 4.78 is 14.2. The first kappa shape index (κ1) is 18.0. The van der Waals surface area contributed by atoms with Crippen molar-refractivity contribution in [2.75, 3.05) is 14.2 Å². The predicted octanol–water partition coefficient (Wildman–Crippen LogP) is 2.21. The molecule has 0 saturated carbocycles. The van der Waals surface area contributed by atoms with Crippen LogP contribution in [0.25, 0.3) is 0 Å². The number of hydrogen-bond acceptors (Lipinski definition) is 5. The highest BCUT2D eigenvalue weighted by Crippen LogP contribution is 2.08. The largest absolute Gasteiger partial charge is 0.485 e. The summed E-state index contributed by atoms with van der Waals surface area (Å²) in [5.74, 6) is 3.92. The van der Waals surface area contributed by atoms with Crippen molar-refractivity contribution >= 4 is 11.9 Å². The Morgan fingerprint density at radius 1 is 1.15 bits per heavy atom. The zero-order valence-electron chi connectivity index (χ0n) is 12.3. The van der Waals surface area contributed by atoms with Crippen molar-refractivity contribution in [1.29, 1.82) is 0 Å². The second-order valence-electron chi connectivity index (χ2n) is 4.06. The molecule has 0 aliphatic rings. The molecule has 1 unspecified atom stereocenters. The number of rotatable bonds is 8. The molecule has 112 valence electrons. The van der Waals surface area contributed by atoms with Gasteiger partial charge in [-0.25, -0.2) is 9.59 Å². The van der Waals surface area contributed by atoms with Crippen LogP contribution in [0.5, 0.6) is 0 Å². The number of ether oxygens (including phenoxy) is 3. The fourth-order valence-corrected chi connectivity index (χ4v) is 1.38. The summed E-state index contributed by atoms with van der Waals surface area (Å²) in [4.78, 5) is 21.9. The van der Waals surface area contributed by atoms with Crippen LogP contribution >= 0.6 is 0 Å². The molecule has 0 rings (SSSR count). The number of carbonyl (C=O) groups excluding carboxylic acids is 2. The summed E-state index contributed by atoms with van der Waals surface area (Å²) >= 11 is 0. The molecule has 5 heteroatoms. The SMILES string of the molecule is CCCCCCC(C#CC(=O)OC)O/C=C/C(=O)OC. The number of carbonyl (C=O) groups is 2. The average molecular weight is 282 g/mol. The number of esters is 2. The Hall–Kier alpha value is -1.96. The van der Waals surface area contributed by atoms with Gasteiger partial charge in [-0.2, -0.15) is 0 Å². The molecule has 0 aromatic rings. The van der Waals surface area contributed by atoms with Gasteiger partial charge in [-0.15, -0.1) is 0 Å². The van der Waals surface area contributed by atoms with Gasteiger partial charge in [0.1, 0.15) is 0 Å². The molecular formula is C15H22O5. The first-order valence-corrected chi connectivity index (χ1v) is 6.63. The number of methoxy groups -OCH3 is 2. The summed E-state index contributed by atoms with van der Waals surface area (Å²) in [5.41, 5.74) is 0. The molecule has 0 heterocycles. The molecule has 0 N–H and O–H groups in total. The summed E-state index contributed by atoms with van der Waals surface area (Å²) in [6, 6.07) is 0. The molecule has 0 fully saturated rings. The van der Waals surface area contributed by atoms with Gasteiger partial charge >= 0.3 is 11.9 Å².